The number of hydrogen-bond acceptors (Lipinski definition) is 0. The maximum atomic E-state index is 2.29. The van der Waals surface area contributed by atoms with Crippen molar-refractivity contribution in [1.29, 1.82) is 0 Å². The Balaban J connectivity index is -0.000000375. The molecule has 0 saturated heterocycles. The molecule has 122 valence electrons. The van der Waals surface area contributed by atoms with Gasteiger partial charge in [-0.3, -0.25) is 0 Å². The Kier molecular flexibility index (Phi) is 43.6. The van der Waals surface area contributed by atoms with Crippen molar-refractivity contribution in [3.8, 4) is 0 Å². The Morgan fingerprint density at radius 2 is 0.474 bits per heavy atom. The van der Waals surface area contributed by atoms with E-state index in [9.17, 15) is 0 Å². The fourth-order valence-electron chi connectivity index (χ4n) is 2.27. The van der Waals surface area contributed by atoms with E-state index in [0.717, 1.165) is 0 Å². The summed E-state index contributed by atoms with van der Waals surface area (Å²) in [6.07, 6.45) is 20.4. The van der Waals surface area contributed by atoms with E-state index in [-0.39, 0.29) is 71.9 Å². The second kappa shape index (κ2) is 28.4. The van der Waals surface area contributed by atoms with Crippen LogP contribution in [0.3, 0.4) is 0 Å². The molecular weight excluding hydrogens is 573 g/mol. The summed E-state index contributed by atoms with van der Waals surface area (Å²) < 4.78 is 0. The van der Waals surface area contributed by atoms with Crippen molar-refractivity contribution in [2.75, 3.05) is 0 Å². The lowest BCUT2D eigenvalue weighted by atomic mass is 10.0. The fourth-order valence-corrected chi connectivity index (χ4v) is 2.27. The topological polar surface area (TPSA) is 0 Å². The van der Waals surface area contributed by atoms with Crippen LogP contribution in [0.1, 0.15) is 104 Å². The number of unbranched alkanes of at least 4 members (excludes halogenated alkanes) is 13. The minimum atomic E-state index is 0. The van der Waals surface area contributed by atoms with E-state index in [0.29, 0.717) is 0 Å². The highest BCUT2D eigenvalue weighted by atomic mass is 127. The maximum Gasteiger partial charge on any atom is -0.0533 e. The van der Waals surface area contributed by atoms with Gasteiger partial charge in [-0.1, -0.05) is 104 Å². The van der Waals surface area contributed by atoms with Gasteiger partial charge in [0.25, 0.3) is 0 Å². The van der Waals surface area contributed by atoms with Crippen LogP contribution in [0.25, 0.3) is 0 Å². The summed E-state index contributed by atoms with van der Waals surface area (Å²) in [7, 11) is 0. The molecule has 0 heterocycles. The van der Waals surface area contributed by atoms with Gasteiger partial charge >= 0.3 is 0 Å². The Morgan fingerprint density at radius 1 is 0.316 bits per heavy atom. The van der Waals surface area contributed by atoms with E-state index in [1.165, 1.54) is 89.9 Å². The van der Waals surface area contributed by atoms with Crippen LogP contribution in [-0.4, -0.2) is 0 Å². The molecule has 0 fully saturated rings. The van der Waals surface area contributed by atoms with Crippen molar-refractivity contribution in [1.82, 2.24) is 0 Å². The molecule has 0 aliphatic rings. The van der Waals surface area contributed by atoms with Crippen molar-refractivity contribution < 1.29 is 0 Å². The highest BCUT2D eigenvalue weighted by Gasteiger charge is 1.92. The van der Waals surface area contributed by atoms with Gasteiger partial charge in [-0.05, 0) is 0 Å². The summed E-state index contributed by atoms with van der Waals surface area (Å²) in [5, 5.41) is 0. The molecule has 0 aromatic heterocycles. The van der Waals surface area contributed by atoms with E-state index < -0.39 is 0 Å². The molecule has 3 heteroatoms. The second-order valence-electron chi connectivity index (χ2n) is 5.24. The van der Waals surface area contributed by atoms with Gasteiger partial charge in [-0.2, -0.15) is 0 Å². The monoisotopic (exact) mass is 610 g/mol. The molecule has 0 aliphatic heterocycles. The molecule has 0 saturated carbocycles. The van der Waals surface area contributed by atoms with Crippen LogP contribution in [0.4, 0.5) is 0 Å². The van der Waals surface area contributed by atoms with Gasteiger partial charge in [-0.15, -0.1) is 71.9 Å². The van der Waals surface area contributed by atoms with E-state index in [4.69, 9.17) is 0 Å². The predicted molar refractivity (Wildman–Crippen MR) is 122 cm³/mol. The third kappa shape index (κ3) is 29.0. The lowest BCUT2D eigenvalue weighted by Crippen LogP contribution is -1.82. The normalized spacial score (nSPS) is 9.16. The predicted octanol–water partition coefficient (Wildman–Crippen LogP) is 8.34. The lowest BCUT2D eigenvalue weighted by Gasteiger charge is -2.02. The van der Waals surface area contributed by atoms with Crippen LogP contribution in [0.2, 0.25) is 0 Å². The standard InChI is InChI=1S/C16H34.3HI/c1-3-5-7-9-11-13-15-16-14-12-10-8-6-4-2;;;/h3-16H2,1-2H3;3*1H. The zero-order valence-electron chi connectivity index (χ0n) is 13.1. The summed E-state index contributed by atoms with van der Waals surface area (Å²) in [6, 6.07) is 0. The zero-order valence-corrected chi connectivity index (χ0v) is 20.1. The van der Waals surface area contributed by atoms with E-state index >= 15 is 0 Å². The van der Waals surface area contributed by atoms with Crippen LogP contribution in [0.5, 0.6) is 0 Å². The summed E-state index contributed by atoms with van der Waals surface area (Å²) in [4.78, 5) is 0. The molecule has 0 amide bonds. The summed E-state index contributed by atoms with van der Waals surface area (Å²) in [6.45, 7) is 4.58. The molecule has 0 aliphatic carbocycles. The Hall–Kier alpha value is 2.19. The molecule has 0 aromatic carbocycles. The molecule has 0 spiro atoms. The summed E-state index contributed by atoms with van der Waals surface area (Å²) in [5.41, 5.74) is 0. The quantitative estimate of drug-likeness (QED) is 0.145. The summed E-state index contributed by atoms with van der Waals surface area (Å²) in [5.74, 6) is 0. The van der Waals surface area contributed by atoms with Gasteiger partial charge in [0.1, 0.15) is 0 Å². The maximum absolute atomic E-state index is 2.29. The van der Waals surface area contributed by atoms with Gasteiger partial charge in [0.05, 0.1) is 0 Å². The molecule has 0 radical (unpaired) electrons. The highest BCUT2D eigenvalue weighted by molar-refractivity contribution is 14.0. The van der Waals surface area contributed by atoms with Crippen LogP contribution in [-0.2, 0) is 0 Å². The van der Waals surface area contributed by atoms with Crippen molar-refractivity contribution in [3.63, 3.8) is 0 Å². The third-order valence-corrected chi connectivity index (χ3v) is 3.46. The number of hydrogen-bond donors (Lipinski definition) is 0. The molecule has 0 aromatic rings. The van der Waals surface area contributed by atoms with Crippen molar-refractivity contribution in [3.05, 3.63) is 0 Å². The largest absolute Gasteiger partial charge is 0.107 e. The first-order valence-corrected chi connectivity index (χ1v) is 7.91. The molecule has 0 bridgehead atoms. The lowest BCUT2D eigenvalue weighted by molar-refractivity contribution is 0.538. The van der Waals surface area contributed by atoms with Crippen LogP contribution in [0, 0.1) is 0 Å². The molecule has 0 N–H and O–H groups in total. The Morgan fingerprint density at radius 3 is 0.632 bits per heavy atom. The van der Waals surface area contributed by atoms with Gasteiger partial charge in [-0.25, -0.2) is 0 Å². The van der Waals surface area contributed by atoms with Gasteiger partial charge in [0, 0.05) is 0 Å². The Bertz CT molecular complexity index is 105. The first-order valence-electron chi connectivity index (χ1n) is 7.91. The van der Waals surface area contributed by atoms with E-state index in [1.54, 1.807) is 0 Å². The van der Waals surface area contributed by atoms with Gasteiger partial charge < -0.3 is 0 Å². The average molecular weight is 610 g/mol. The van der Waals surface area contributed by atoms with Gasteiger partial charge in [0.2, 0.25) is 0 Å². The smallest absolute Gasteiger partial charge is 0.0533 e. The summed E-state index contributed by atoms with van der Waals surface area (Å²) >= 11 is 0. The molecule has 0 atom stereocenters. The molecule has 0 rings (SSSR count). The fraction of sp³-hybridized carbons (Fsp3) is 1.00. The van der Waals surface area contributed by atoms with E-state index in [2.05, 4.69) is 13.8 Å². The van der Waals surface area contributed by atoms with Crippen molar-refractivity contribution in [2.45, 2.75) is 104 Å². The molecular formula is C16H37I3. The minimum absolute atomic E-state index is 0. The first kappa shape index (κ1) is 29.2. The molecule has 0 nitrogen and oxygen atoms in total. The van der Waals surface area contributed by atoms with Crippen LogP contribution >= 0.6 is 71.9 Å². The van der Waals surface area contributed by atoms with E-state index in [1.807, 2.05) is 0 Å². The van der Waals surface area contributed by atoms with Crippen LogP contribution < -0.4 is 0 Å². The average Bonchev–Trinajstić information content (AvgIpc) is 2.31. The SMILES string of the molecule is CCCCCCCCCCCCCCCC.I.I.I. The zero-order chi connectivity index (χ0) is 11.9. The van der Waals surface area contributed by atoms with Gasteiger partial charge in [0.15, 0.2) is 0 Å². The minimum Gasteiger partial charge on any atom is -0.107 e. The number of rotatable bonds is 13. The second-order valence-corrected chi connectivity index (χ2v) is 5.24. The third-order valence-electron chi connectivity index (χ3n) is 3.46. The molecule has 19 heavy (non-hydrogen) atoms. The van der Waals surface area contributed by atoms with Crippen LogP contribution in [0.15, 0.2) is 0 Å². The highest BCUT2D eigenvalue weighted by Crippen LogP contribution is 2.12. The first-order chi connectivity index (χ1) is 7.91. The van der Waals surface area contributed by atoms with Crippen molar-refractivity contribution in [2.24, 2.45) is 0 Å². The van der Waals surface area contributed by atoms with Crippen molar-refractivity contribution >= 4 is 71.9 Å². The molecule has 0 unspecified atom stereocenters. The Labute approximate surface area is 174 Å². The number of halogens is 3.